The van der Waals surface area contributed by atoms with Crippen LogP contribution in [0.1, 0.15) is 5.69 Å². The molecule has 0 radical (unpaired) electrons. The Balaban J connectivity index is 2.13. The van der Waals surface area contributed by atoms with E-state index in [2.05, 4.69) is 9.88 Å². The van der Waals surface area contributed by atoms with Crippen molar-refractivity contribution in [3.63, 3.8) is 0 Å². The van der Waals surface area contributed by atoms with E-state index in [0.29, 0.717) is 19.6 Å². The molecule has 0 amide bonds. The van der Waals surface area contributed by atoms with E-state index in [1.165, 1.54) is 0 Å². The fourth-order valence-electron chi connectivity index (χ4n) is 1.74. The Labute approximate surface area is 95.2 Å². The lowest BCUT2D eigenvalue weighted by atomic mass is 10.3. The molecule has 1 aromatic heterocycles. The molecule has 2 N–H and O–H groups in total. The minimum absolute atomic E-state index is 0.229. The van der Waals surface area contributed by atoms with Crippen LogP contribution in [0.15, 0.2) is 18.3 Å². The number of pyridine rings is 1. The van der Waals surface area contributed by atoms with Crippen molar-refractivity contribution in [2.75, 3.05) is 29.5 Å². The van der Waals surface area contributed by atoms with Gasteiger partial charge in [0.1, 0.15) is 0 Å². The van der Waals surface area contributed by atoms with E-state index in [9.17, 15) is 8.42 Å². The van der Waals surface area contributed by atoms with Crippen LogP contribution in [0.25, 0.3) is 0 Å². The molecule has 0 aromatic carbocycles. The van der Waals surface area contributed by atoms with Crippen LogP contribution in [0, 0.1) is 0 Å². The van der Waals surface area contributed by atoms with Crippen molar-refractivity contribution >= 4 is 15.5 Å². The van der Waals surface area contributed by atoms with Crippen LogP contribution in [-0.4, -0.2) is 38.0 Å². The maximum Gasteiger partial charge on any atom is 0.153 e. The predicted molar refractivity (Wildman–Crippen MR) is 63.0 cm³/mol. The highest BCUT2D eigenvalue weighted by atomic mass is 32.2. The SMILES string of the molecule is NCc1cc(N2CCS(=O)(=O)CC2)ccn1. The minimum atomic E-state index is -2.82. The van der Waals surface area contributed by atoms with Gasteiger partial charge in [-0.2, -0.15) is 0 Å². The highest BCUT2D eigenvalue weighted by molar-refractivity contribution is 7.91. The van der Waals surface area contributed by atoms with Gasteiger partial charge in [0.2, 0.25) is 0 Å². The van der Waals surface area contributed by atoms with Crippen molar-refractivity contribution in [2.24, 2.45) is 5.73 Å². The number of aromatic nitrogens is 1. The summed E-state index contributed by atoms with van der Waals surface area (Å²) in [6.07, 6.45) is 1.71. The standard InChI is InChI=1S/C10H15N3O2S/c11-8-9-7-10(1-2-12-9)13-3-5-16(14,15)6-4-13/h1-2,7H,3-6,8,11H2. The first kappa shape index (κ1) is 11.3. The number of sulfone groups is 1. The fraction of sp³-hybridized carbons (Fsp3) is 0.500. The second-order valence-corrected chi connectivity index (χ2v) is 6.15. The van der Waals surface area contributed by atoms with E-state index in [1.807, 2.05) is 12.1 Å². The Morgan fingerprint density at radius 3 is 2.69 bits per heavy atom. The molecule has 2 heterocycles. The molecule has 1 fully saturated rings. The number of hydrogen-bond acceptors (Lipinski definition) is 5. The van der Waals surface area contributed by atoms with Crippen molar-refractivity contribution in [1.29, 1.82) is 0 Å². The van der Waals surface area contributed by atoms with E-state index < -0.39 is 9.84 Å². The van der Waals surface area contributed by atoms with Crippen molar-refractivity contribution in [3.05, 3.63) is 24.0 Å². The molecule has 0 atom stereocenters. The summed E-state index contributed by atoms with van der Waals surface area (Å²) in [5.41, 5.74) is 7.34. The van der Waals surface area contributed by atoms with Gasteiger partial charge in [0, 0.05) is 31.5 Å². The topological polar surface area (TPSA) is 76.3 Å². The van der Waals surface area contributed by atoms with Crippen LogP contribution in [0.4, 0.5) is 5.69 Å². The molecule has 1 aliphatic heterocycles. The number of hydrogen-bond donors (Lipinski definition) is 1. The normalized spacial score (nSPS) is 19.7. The Morgan fingerprint density at radius 1 is 1.38 bits per heavy atom. The van der Waals surface area contributed by atoms with Crippen molar-refractivity contribution in [2.45, 2.75) is 6.54 Å². The molecular formula is C10H15N3O2S. The summed E-state index contributed by atoms with van der Waals surface area (Å²) in [6.45, 7) is 1.51. The molecule has 0 aliphatic carbocycles. The molecule has 16 heavy (non-hydrogen) atoms. The van der Waals surface area contributed by atoms with E-state index in [1.54, 1.807) is 6.20 Å². The number of nitrogens with two attached hydrogens (primary N) is 1. The molecule has 0 spiro atoms. The summed E-state index contributed by atoms with van der Waals surface area (Å²) in [6, 6.07) is 3.80. The van der Waals surface area contributed by atoms with Crippen LogP contribution in [0.3, 0.4) is 0 Å². The van der Waals surface area contributed by atoms with Gasteiger partial charge in [-0.05, 0) is 12.1 Å². The summed E-state index contributed by atoms with van der Waals surface area (Å²) in [4.78, 5) is 6.17. The first-order valence-electron chi connectivity index (χ1n) is 5.21. The van der Waals surface area contributed by atoms with Crippen molar-refractivity contribution in [1.82, 2.24) is 4.98 Å². The first-order chi connectivity index (χ1) is 7.61. The molecular weight excluding hydrogens is 226 g/mol. The summed E-state index contributed by atoms with van der Waals surface area (Å²) < 4.78 is 22.6. The summed E-state index contributed by atoms with van der Waals surface area (Å²) >= 11 is 0. The van der Waals surface area contributed by atoms with Gasteiger partial charge in [-0.3, -0.25) is 4.98 Å². The largest absolute Gasteiger partial charge is 0.369 e. The highest BCUT2D eigenvalue weighted by Crippen LogP contribution is 2.17. The monoisotopic (exact) mass is 241 g/mol. The molecule has 2 rings (SSSR count). The van der Waals surface area contributed by atoms with Gasteiger partial charge in [0.25, 0.3) is 0 Å². The lowest BCUT2D eigenvalue weighted by Gasteiger charge is -2.28. The molecule has 0 saturated carbocycles. The lowest BCUT2D eigenvalue weighted by molar-refractivity contribution is 0.587. The number of nitrogens with zero attached hydrogens (tertiary/aromatic N) is 2. The molecule has 0 bridgehead atoms. The molecule has 88 valence electrons. The number of rotatable bonds is 2. The third-order valence-electron chi connectivity index (χ3n) is 2.72. The van der Waals surface area contributed by atoms with Crippen LogP contribution in [0.5, 0.6) is 0 Å². The van der Waals surface area contributed by atoms with Gasteiger partial charge >= 0.3 is 0 Å². The predicted octanol–water partition coefficient (Wildman–Crippen LogP) is -0.225. The molecule has 0 unspecified atom stereocenters. The maximum atomic E-state index is 11.3. The van der Waals surface area contributed by atoms with Crippen LogP contribution in [0.2, 0.25) is 0 Å². The van der Waals surface area contributed by atoms with Crippen molar-refractivity contribution < 1.29 is 8.42 Å². The number of anilines is 1. The Hall–Kier alpha value is -1.14. The van der Waals surface area contributed by atoms with E-state index >= 15 is 0 Å². The zero-order valence-electron chi connectivity index (χ0n) is 8.96. The molecule has 1 saturated heterocycles. The molecule has 1 aromatic rings. The van der Waals surface area contributed by atoms with Crippen LogP contribution < -0.4 is 10.6 Å². The summed E-state index contributed by atoms with van der Waals surface area (Å²) in [5.74, 6) is 0.459. The van der Waals surface area contributed by atoms with Gasteiger partial charge in [0.15, 0.2) is 9.84 Å². The zero-order chi connectivity index (χ0) is 11.6. The average molecular weight is 241 g/mol. The Kier molecular flexibility index (Phi) is 3.11. The summed E-state index contributed by atoms with van der Waals surface area (Å²) in [7, 11) is -2.82. The average Bonchev–Trinajstić information content (AvgIpc) is 2.29. The molecule has 5 nitrogen and oxygen atoms in total. The minimum Gasteiger partial charge on any atom is -0.369 e. The Morgan fingerprint density at radius 2 is 2.06 bits per heavy atom. The van der Waals surface area contributed by atoms with Gasteiger partial charge in [0.05, 0.1) is 17.2 Å². The molecule has 1 aliphatic rings. The Bertz CT molecular complexity index is 459. The quantitative estimate of drug-likeness (QED) is 0.774. The van der Waals surface area contributed by atoms with Gasteiger partial charge in [-0.1, -0.05) is 0 Å². The highest BCUT2D eigenvalue weighted by Gasteiger charge is 2.21. The molecule has 6 heteroatoms. The fourth-order valence-corrected chi connectivity index (χ4v) is 2.95. The van der Waals surface area contributed by atoms with Crippen molar-refractivity contribution in [3.8, 4) is 0 Å². The van der Waals surface area contributed by atoms with Crippen LogP contribution >= 0.6 is 0 Å². The first-order valence-corrected chi connectivity index (χ1v) is 7.03. The lowest BCUT2D eigenvalue weighted by Crippen LogP contribution is -2.40. The second kappa shape index (κ2) is 4.39. The van der Waals surface area contributed by atoms with Gasteiger partial charge in [-0.25, -0.2) is 8.42 Å². The van der Waals surface area contributed by atoms with E-state index in [0.717, 1.165) is 11.4 Å². The van der Waals surface area contributed by atoms with E-state index in [4.69, 9.17) is 5.73 Å². The van der Waals surface area contributed by atoms with E-state index in [-0.39, 0.29) is 11.5 Å². The van der Waals surface area contributed by atoms with Crippen LogP contribution in [-0.2, 0) is 16.4 Å². The zero-order valence-corrected chi connectivity index (χ0v) is 9.78. The smallest absolute Gasteiger partial charge is 0.153 e. The third-order valence-corrected chi connectivity index (χ3v) is 4.33. The maximum absolute atomic E-state index is 11.3. The van der Waals surface area contributed by atoms with Gasteiger partial charge < -0.3 is 10.6 Å². The third kappa shape index (κ3) is 2.51. The second-order valence-electron chi connectivity index (χ2n) is 3.85. The summed E-state index contributed by atoms with van der Waals surface area (Å²) in [5, 5.41) is 0. The van der Waals surface area contributed by atoms with Gasteiger partial charge in [-0.15, -0.1) is 0 Å².